The van der Waals surface area contributed by atoms with Crippen molar-refractivity contribution in [3.63, 3.8) is 0 Å². The van der Waals surface area contributed by atoms with Gasteiger partial charge in [-0.3, -0.25) is 9.42 Å². The van der Waals surface area contributed by atoms with E-state index in [-0.39, 0.29) is 35.0 Å². The Kier molecular flexibility index (Phi) is 9.83. The number of methoxy groups -OCH3 is 1. The second kappa shape index (κ2) is 13.7. The van der Waals surface area contributed by atoms with Gasteiger partial charge in [-0.25, -0.2) is 14.2 Å². The van der Waals surface area contributed by atoms with E-state index < -0.39 is 61.8 Å². The summed E-state index contributed by atoms with van der Waals surface area (Å²) in [6.45, 7) is -0.0830. The number of hydrogen-bond acceptors (Lipinski definition) is 13. The summed E-state index contributed by atoms with van der Waals surface area (Å²) in [5.41, 5.74) is 0.697. The van der Waals surface area contributed by atoms with Crippen LogP contribution in [0.4, 0.5) is 0 Å². The fraction of sp³-hybridized carbons (Fsp3) is 0.559. The molecule has 8 atom stereocenters. The molecule has 5 saturated carbocycles. The molecule has 51 heavy (non-hydrogen) atoms. The number of ether oxygens (including phenoxy) is 2. The zero-order valence-electron chi connectivity index (χ0n) is 27.4. The van der Waals surface area contributed by atoms with Gasteiger partial charge in [0, 0.05) is 24.3 Å². The maximum atomic E-state index is 12.7. The van der Waals surface area contributed by atoms with Gasteiger partial charge in [0.2, 0.25) is 0 Å². The van der Waals surface area contributed by atoms with Gasteiger partial charge in [0.15, 0.2) is 5.60 Å². The van der Waals surface area contributed by atoms with Crippen molar-refractivity contribution in [1.29, 1.82) is 0 Å². The summed E-state index contributed by atoms with van der Waals surface area (Å²) < 4.78 is 35.0. The molecule has 1 spiro atoms. The molecule has 5 aliphatic carbocycles. The maximum Gasteiger partial charge on any atom is 0.527 e. The number of halogens is 1. The minimum absolute atomic E-state index is 0.0830. The number of aliphatic hydroxyl groups excluding tert-OH is 5. The molecule has 1 aliphatic heterocycles. The van der Waals surface area contributed by atoms with Crippen LogP contribution in [0.5, 0.6) is 11.5 Å². The third-order valence-electron chi connectivity index (χ3n) is 11.2. The predicted octanol–water partition coefficient (Wildman–Crippen LogP) is 2.66. The number of carboxylic acid groups (broad SMARTS) is 1. The minimum Gasteiger partial charge on any atom is -0.487 e. The SMILES string of the molecule is COC1(c2ccc(/C=C/C(=O)O)c(OCc3ccc(OP(=O)(O)O[C@@H]4[C@H](O)[C@H](O)[C@@H](O)[C@H](O)[C@H]4O)cc3)c2Cl)OOC12C1CC3CC(C1)CC2C3. The Bertz CT molecular complexity index is 1670. The first-order chi connectivity index (χ1) is 24.2. The van der Waals surface area contributed by atoms with Crippen molar-refractivity contribution in [2.24, 2.45) is 23.7 Å². The first kappa shape index (κ1) is 36.7. The van der Waals surface area contributed by atoms with Crippen LogP contribution in [0.2, 0.25) is 5.02 Å². The van der Waals surface area contributed by atoms with Crippen LogP contribution in [0.3, 0.4) is 0 Å². The minimum atomic E-state index is -5.04. The molecule has 1 heterocycles. The standard InChI is InChI=1S/C34H40ClO15P/c1-45-34(33(49-50-34)20-11-17-10-18(13-20)14-21(33)12-17)23-8-4-19(5-9-24(36)37)31(25(23)35)46-15-16-2-6-22(7-3-16)47-51(43,44)48-32-29(41)27(39)26(38)28(40)30(32)42/h2-9,17-18,20-21,26-30,32,38-42H,10-15H2,1H3,(H,36,37)(H,43,44)/b9-5+/t17?,18?,20?,21?,26-,27-,28+,29-,30-,32-,33?,34?/m1/s1. The quantitative estimate of drug-likeness (QED) is 0.0993. The van der Waals surface area contributed by atoms with Crippen LogP contribution in [-0.4, -0.2) is 90.8 Å². The molecular weight excluding hydrogens is 715 g/mol. The average Bonchev–Trinajstić information content (AvgIpc) is 3.08. The molecule has 17 heteroatoms. The highest BCUT2D eigenvalue weighted by Crippen LogP contribution is 2.70. The molecule has 6 aliphatic rings. The zero-order valence-corrected chi connectivity index (χ0v) is 29.0. The van der Waals surface area contributed by atoms with E-state index in [1.807, 2.05) is 0 Å². The highest BCUT2D eigenvalue weighted by molar-refractivity contribution is 7.47. The van der Waals surface area contributed by atoms with Crippen molar-refractivity contribution in [2.75, 3.05) is 7.11 Å². The maximum absolute atomic E-state index is 12.7. The monoisotopic (exact) mass is 754 g/mol. The van der Waals surface area contributed by atoms with Gasteiger partial charge in [0.1, 0.15) is 54.7 Å². The van der Waals surface area contributed by atoms with E-state index in [4.69, 9.17) is 39.9 Å². The van der Waals surface area contributed by atoms with Gasteiger partial charge in [-0.1, -0.05) is 35.9 Å². The molecule has 8 rings (SSSR count). The van der Waals surface area contributed by atoms with Gasteiger partial charge in [-0.2, -0.15) is 4.89 Å². The summed E-state index contributed by atoms with van der Waals surface area (Å²) in [6.07, 6.45) is -4.20. The molecule has 0 radical (unpaired) electrons. The fourth-order valence-electron chi connectivity index (χ4n) is 9.03. The molecule has 2 aromatic rings. The Morgan fingerprint density at radius 3 is 2.02 bits per heavy atom. The lowest BCUT2D eigenvalue weighted by Gasteiger charge is -2.68. The lowest BCUT2D eigenvalue weighted by atomic mass is 9.47. The van der Waals surface area contributed by atoms with Crippen molar-refractivity contribution >= 4 is 31.5 Å². The van der Waals surface area contributed by atoms with Gasteiger partial charge in [0.05, 0.1) is 5.02 Å². The topological polar surface area (TPSA) is 231 Å². The van der Waals surface area contributed by atoms with Gasteiger partial charge in [-0.15, -0.1) is 0 Å². The van der Waals surface area contributed by atoms with E-state index >= 15 is 0 Å². The van der Waals surface area contributed by atoms with E-state index in [2.05, 4.69) is 0 Å². The smallest absolute Gasteiger partial charge is 0.487 e. The highest BCUT2D eigenvalue weighted by Gasteiger charge is 2.77. The second-order valence-corrected chi connectivity index (χ2v) is 15.8. The van der Waals surface area contributed by atoms with Gasteiger partial charge < -0.3 is 44.6 Å². The number of carbonyl (C=O) groups is 1. The zero-order chi connectivity index (χ0) is 36.5. The molecule has 7 N–H and O–H groups in total. The first-order valence-electron chi connectivity index (χ1n) is 16.7. The van der Waals surface area contributed by atoms with Gasteiger partial charge >= 0.3 is 13.8 Å². The molecule has 0 amide bonds. The third kappa shape index (κ3) is 6.20. The molecule has 1 saturated heterocycles. The molecule has 2 unspecified atom stereocenters. The largest absolute Gasteiger partial charge is 0.527 e. The number of benzene rings is 2. The van der Waals surface area contributed by atoms with Crippen molar-refractivity contribution in [3.05, 3.63) is 64.2 Å². The Balaban J connectivity index is 1.10. The van der Waals surface area contributed by atoms with Crippen molar-refractivity contribution < 1.29 is 73.2 Å². The normalized spacial score (nSPS) is 39.5. The van der Waals surface area contributed by atoms with Crippen LogP contribution >= 0.6 is 19.4 Å². The number of rotatable bonds is 11. The van der Waals surface area contributed by atoms with Gasteiger partial charge in [0.25, 0.3) is 5.79 Å². The lowest BCUT2D eigenvalue weighted by Crippen LogP contribution is -2.76. The molecule has 2 aromatic carbocycles. The van der Waals surface area contributed by atoms with Crippen LogP contribution in [0.15, 0.2) is 42.5 Å². The third-order valence-corrected chi connectivity index (χ3v) is 12.5. The van der Waals surface area contributed by atoms with E-state index in [9.17, 15) is 44.9 Å². The van der Waals surface area contributed by atoms with E-state index in [1.165, 1.54) is 36.8 Å². The molecule has 6 fully saturated rings. The van der Waals surface area contributed by atoms with E-state index in [1.54, 1.807) is 19.2 Å². The van der Waals surface area contributed by atoms with Crippen LogP contribution in [0.25, 0.3) is 6.08 Å². The number of hydrogen-bond donors (Lipinski definition) is 7. The summed E-state index contributed by atoms with van der Waals surface area (Å²) in [5, 5.41) is 59.3. The molecular formula is C34H40ClO15P. The lowest BCUT2D eigenvalue weighted by molar-refractivity contribution is -0.645. The number of carboxylic acids is 1. The average molecular weight is 755 g/mol. The summed E-state index contributed by atoms with van der Waals surface area (Å²) in [4.78, 5) is 33.7. The Labute approximate surface area is 297 Å². The van der Waals surface area contributed by atoms with E-state index in [0.717, 1.165) is 31.8 Å². The Morgan fingerprint density at radius 1 is 0.902 bits per heavy atom. The summed E-state index contributed by atoms with van der Waals surface area (Å²) in [6, 6.07) is 9.09. The molecule has 278 valence electrons. The number of phosphoric acid groups is 1. The second-order valence-electron chi connectivity index (χ2n) is 14.1. The van der Waals surface area contributed by atoms with Gasteiger partial charge in [-0.05, 0) is 79.5 Å². The van der Waals surface area contributed by atoms with Crippen molar-refractivity contribution in [2.45, 2.75) is 86.7 Å². The number of aliphatic carboxylic acids is 1. The molecule has 4 bridgehead atoms. The number of phosphoric ester groups is 1. The number of aliphatic hydroxyl groups is 5. The summed E-state index contributed by atoms with van der Waals surface area (Å²) in [5.74, 6) is -0.712. The Morgan fingerprint density at radius 2 is 1.49 bits per heavy atom. The van der Waals surface area contributed by atoms with Crippen LogP contribution < -0.4 is 9.26 Å². The summed E-state index contributed by atoms with van der Waals surface area (Å²) >= 11 is 7.10. The predicted molar refractivity (Wildman–Crippen MR) is 175 cm³/mol. The fourth-order valence-corrected chi connectivity index (χ4v) is 10.4. The van der Waals surface area contributed by atoms with Crippen molar-refractivity contribution in [1.82, 2.24) is 0 Å². The Hall–Kier alpha value is -2.63. The van der Waals surface area contributed by atoms with Crippen molar-refractivity contribution in [3.8, 4) is 11.5 Å². The molecule has 15 nitrogen and oxygen atoms in total. The van der Waals surface area contributed by atoms with Crippen LogP contribution in [0, 0.1) is 23.7 Å². The van der Waals surface area contributed by atoms with Crippen LogP contribution in [-0.2, 0) is 40.8 Å². The molecule has 0 aromatic heterocycles. The highest BCUT2D eigenvalue weighted by atomic mass is 35.5. The first-order valence-corrected chi connectivity index (χ1v) is 18.6. The van der Waals surface area contributed by atoms with E-state index in [0.29, 0.717) is 28.5 Å². The van der Waals surface area contributed by atoms with Crippen LogP contribution in [0.1, 0.15) is 48.8 Å². The summed E-state index contributed by atoms with van der Waals surface area (Å²) in [7, 11) is -3.49.